The van der Waals surface area contributed by atoms with E-state index in [0.717, 1.165) is 22.7 Å². The van der Waals surface area contributed by atoms with Gasteiger partial charge in [0.05, 0.1) is 11.0 Å². The van der Waals surface area contributed by atoms with Gasteiger partial charge in [-0.05, 0) is 145 Å². The van der Waals surface area contributed by atoms with E-state index in [9.17, 15) is 0 Å². The minimum atomic E-state index is -0.122. The number of rotatable bonds is 7. The third-order valence-corrected chi connectivity index (χ3v) is 15.2. The maximum Gasteiger partial charge on any atom is 0.0547 e. The molecule has 13 rings (SSSR count). The minimum Gasteiger partial charge on any atom is -0.310 e. The molecule has 0 saturated heterocycles. The number of nitrogens with zero attached hydrogens (tertiary/aromatic N) is 2. The number of aromatic nitrogens is 1. The second-order valence-corrected chi connectivity index (χ2v) is 19.7. The van der Waals surface area contributed by atoms with Gasteiger partial charge in [-0.15, -0.1) is 0 Å². The molecule has 68 heavy (non-hydrogen) atoms. The molecule has 0 aliphatic heterocycles. The molecule has 0 saturated carbocycles. The Balaban J connectivity index is 0.949. The smallest absolute Gasteiger partial charge is 0.0547 e. The van der Waals surface area contributed by atoms with Gasteiger partial charge < -0.3 is 9.47 Å². The topological polar surface area (TPSA) is 8.17 Å². The maximum absolute atomic E-state index is 2.47. The van der Waals surface area contributed by atoms with Gasteiger partial charge in [0.25, 0.3) is 0 Å². The summed E-state index contributed by atoms with van der Waals surface area (Å²) < 4.78 is 2.40. The molecule has 0 atom stereocenters. The van der Waals surface area contributed by atoms with E-state index in [-0.39, 0.29) is 10.8 Å². The highest BCUT2D eigenvalue weighted by molar-refractivity contribution is 6.16. The molecule has 0 radical (unpaired) electrons. The Kier molecular flexibility index (Phi) is 8.95. The molecule has 0 amide bonds. The number of hydrogen-bond donors (Lipinski definition) is 0. The molecule has 2 heteroatoms. The molecule has 2 aliphatic rings. The van der Waals surface area contributed by atoms with Crippen molar-refractivity contribution in [2.75, 3.05) is 4.90 Å². The molecule has 324 valence electrons. The van der Waals surface area contributed by atoms with Gasteiger partial charge in [-0.3, -0.25) is 0 Å². The summed E-state index contributed by atoms with van der Waals surface area (Å²) in [6.45, 7) is 9.48. The summed E-state index contributed by atoms with van der Waals surface area (Å²) in [5, 5.41) is 2.51. The van der Waals surface area contributed by atoms with Crippen molar-refractivity contribution in [3.8, 4) is 61.3 Å². The van der Waals surface area contributed by atoms with Crippen LogP contribution < -0.4 is 4.90 Å². The van der Waals surface area contributed by atoms with Gasteiger partial charge in [0, 0.05) is 44.4 Å². The summed E-state index contributed by atoms with van der Waals surface area (Å²) in [4.78, 5) is 2.47. The van der Waals surface area contributed by atoms with E-state index in [1.807, 2.05) is 0 Å². The highest BCUT2D eigenvalue weighted by Gasteiger charge is 2.38. The van der Waals surface area contributed by atoms with Crippen LogP contribution >= 0.6 is 0 Å². The van der Waals surface area contributed by atoms with Crippen LogP contribution in [0.15, 0.2) is 231 Å². The van der Waals surface area contributed by atoms with Crippen LogP contribution in [0.3, 0.4) is 0 Å². The van der Waals surface area contributed by atoms with Crippen LogP contribution in [0.2, 0.25) is 0 Å². The monoisotopic (exact) mass is 870 g/mol. The number of hydrogen-bond acceptors (Lipinski definition) is 1. The van der Waals surface area contributed by atoms with E-state index in [4.69, 9.17) is 0 Å². The zero-order valence-electron chi connectivity index (χ0n) is 38.8. The van der Waals surface area contributed by atoms with Gasteiger partial charge in [0.1, 0.15) is 0 Å². The van der Waals surface area contributed by atoms with Crippen LogP contribution in [0.25, 0.3) is 83.1 Å². The number of fused-ring (bicyclic) bond motifs is 9. The lowest BCUT2D eigenvalue weighted by Gasteiger charge is -2.30. The second kappa shape index (κ2) is 15.2. The van der Waals surface area contributed by atoms with E-state index in [1.165, 1.54) is 99.7 Å². The number of benzene rings is 10. The average Bonchev–Trinajstić information content (AvgIpc) is 3.94. The maximum atomic E-state index is 2.47. The molecule has 1 heterocycles. The van der Waals surface area contributed by atoms with E-state index in [0.29, 0.717) is 0 Å². The van der Waals surface area contributed by atoms with Crippen molar-refractivity contribution in [3.05, 3.63) is 253 Å². The minimum absolute atomic E-state index is 0.122. The van der Waals surface area contributed by atoms with Gasteiger partial charge in [0.2, 0.25) is 0 Å². The Bertz CT molecular complexity index is 3670. The number of anilines is 3. The van der Waals surface area contributed by atoms with Crippen LogP contribution in [-0.4, -0.2) is 4.57 Å². The largest absolute Gasteiger partial charge is 0.310 e. The van der Waals surface area contributed by atoms with Crippen LogP contribution in [0, 0.1) is 0 Å². The average molecular weight is 871 g/mol. The first-order valence-electron chi connectivity index (χ1n) is 23.9. The van der Waals surface area contributed by atoms with E-state index >= 15 is 0 Å². The predicted molar refractivity (Wildman–Crippen MR) is 287 cm³/mol. The quantitative estimate of drug-likeness (QED) is 0.155. The van der Waals surface area contributed by atoms with E-state index < -0.39 is 0 Å². The van der Waals surface area contributed by atoms with Gasteiger partial charge in [-0.1, -0.05) is 191 Å². The van der Waals surface area contributed by atoms with E-state index in [1.54, 1.807) is 0 Å². The molecule has 11 aromatic rings. The van der Waals surface area contributed by atoms with Gasteiger partial charge in [-0.25, -0.2) is 0 Å². The Morgan fingerprint density at radius 3 is 1.43 bits per heavy atom. The highest BCUT2D eigenvalue weighted by Crippen LogP contribution is 2.53. The third kappa shape index (κ3) is 6.03. The van der Waals surface area contributed by atoms with Crippen molar-refractivity contribution < 1.29 is 0 Å². The van der Waals surface area contributed by atoms with E-state index in [2.05, 4.69) is 268 Å². The molecule has 0 unspecified atom stereocenters. The Labute approximate surface area is 399 Å². The lowest BCUT2D eigenvalue weighted by molar-refractivity contribution is 0.660. The van der Waals surface area contributed by atoms with Crippen molar-refractivity contribution in [3.63, 3.8) is 0 Å². The lowest BCUT2D eigenvalue weighted by atomic mass is 9.82. The first kappa shape index (κ1) is 40.1. The van der Waals surface area contributed by atoms with Gasteiger partial charge >= 0.3 is 0 Å². The van der Waals surface area contributed by atoms with Crippen LogP contribution in [0.5, 0.6) is 0 Å². The lowest BCUT2D eigenvalue weighted by Crippen LogP contribution is -2.18. The van der Waals surface area contributed by atoms with Crippen molar-refractivity contribution in [1.29, 1.82) is 0 Å². The van der Waals surface area contributed by atoms with Gasteiger partial charge in [0.15, 0.2) is 0 Å². The summed E-state index contributed by atoms with van der Waals surface area (Å²) in [6.07, 6.45) is 0. The van der Waals surface area contributed by atoms with Crippen LogP contribution in [-0.2, 0) is 10.8 Å². The fourth-order valence-electron chi connectivity index (χ4n) is 11.8. The molecule has 0 bridgehead atoms. The molecule has 0 fully saturated rings. The standard InChI is InChI=1S/C66H50N2/c1-65(2)58-26-14-11-22-52(58)54-38-35-48(41-60(54)65)67(49-36-39-55-53-23-12-15-27-59(53)66(3,4)61(55)42-49)47-33-30-44(31-34-47)50-37-32-45(40-57(50)43-18-7-5-8-19-43)51-25-17-29-63-64(51)56-24-13-16-28-62(56)68(63)46-20-9-6-10-21-46/h5-42H,1-4H3. The van der Waals surface area contributed by atoms with Crippen LogP contribution in [0.4, 0.5) is 17.1 Å². The second-order valence-electron chi connectivity index (χ2n) is 19.7. The van der Waals surface area contributed by atoms with Crippen LogP contribution in [0.1, 0.15) is 49.9 Å². The first-order chi connectivity index (χ1) is 33.3. The summed E-state index contributed by atoms with van der Waals surface area (Å²) in [7, 11) is 0. The third-order valence-electron chi connectivity index (χ3n) is 15.2. The SMILES string of the molecule is CC1(C)c2ccccc2-c2ccc(N(c3ccc(-c4ccc(-c5cccc6c5c5ccccc5n6-c5ccccc5)cc4-c4ccccc4)cc3)c3ccc4c(c3)C(C)(C)c3ccccc3-4)cc21. The fraction of sp³-hybridized carbons (Fsp3) is 0.0909. The van der Waals surface area contributed by atoms with Crippen molar-refractivity contribution in [2.45, 2.75) is 38.5 Å². The zero-order valence-corrected chi connectivity index (χ0v) is 38.8. The molecular formula is C66H50N2. The Hall–Kier alpha value is -8.20. The summed E-state index contributed by atoms with van der Waals surface area (Å²) in [5.41, 5.74) is 24.8. The van der Waals surface area contributed by atoms with Crippen molar-refractivity contribution in [2.24, 2.45) is 0 Å². The normalized spacial score (nSPS) is 13.8. The molecule has 0 N–H and O–H groups in total. The molecular weight excluding hydrogens is 821 g/mol. The Morgan fingerprint density at radius 1 is 0.309 bits per heavy atom. The van der Waals surface area contributed by atoms with Crippen molar-refractivity contribution in [1.82, 2.24) is 4.57 Å². The molecule has 10 aromatic carbocycles. The zero-order chi connectivity index (χ0) is 45.7. The van der Waals surface area contributed by atoms with Gasteiger partial charge in [-0.2, -0.15) is 0 Å². The molecule has 1 aromatic heterocycles. The summed E-state index contributed by atoms with van der Waals surface area (Å²) in [5.74, 6) is 0. The molecule has 2 nitrogen and oxygen atoms in total. The highest BCUT2D eigenvalue weighted by atomic mass is 15.1. The first-order valence-corrected chi connectivity index (χ1v) is 23.9. The molecule has 0 spiro atoms. The molecule has 2 aliphatic carbocycles. The number of para-hydroxylation sites is 2. The summed E-state index contributed by atoms with van der Waals surface area (Å²) in [6, 6.07) is 85.5. The predicted octanol–water partition coefficient (Wildman–Crippen LogP) is 17.9. The fourth-order valence-corrected chi connectivity index (χ4v) is 11.8. The Morgan fingerprint density at radius 2 is 0.779 bits per heavy atom. The van der Waals surface area contributed by atoms with Crippen molar-refractivity contribution >= 4 is 38.9 Å². The summed E-state index contributed by atoms with van der Waals surface area (Å²) >= 11 is 0.